The molecule has 2 aromatic carbocycles. The fourth-order valence-electron chi connectivity index (χ4n) is 2.79. The fraction of sp³-hybridized carbons (Fsp3) is 0.278. The van der Waals surface area contributed by atoms with Crippen LogP contribution in [0.2, 0.25) is 0 Å². The van der Waals surface area contributed by atoms with Gasteiger partial charge < -0.3 is 14.2 Å². The number of hydrogen-bond acceptors (Lipinski definition) is 4. The second-order valence-electron chi connectivity index (χ2n) is 5.29. The highest BCUT2D eigenvalue weighted by Gasteiger charge is 2.22. The number of carbonyl (C=O) groups excluding carboxylic acids is 1. The molecule has 0 amide bonds. The highest BCUT2D eigenvalue weighted by atomic mass is 79.9. The Morgan fingerprint density at radius 2 is 1.83 bits per heavy atom. The zero-order valence-electron chi connectivity index (χ0n) is 13.0. The van der Waals surface area contributed by atoms with Crippen molar-refractivity contribution < 1.29 is 19.0 Å². The van der Waals surface area contributed by atoms with Gasteiger partial charge in [0, 0.05) is 23.1 Å². The number of hydrogen-bond donors (Lipinski definition) is 0. The van der Waals surface area contributed by atoms with E-state index in [1.165, 1.54) is 0 Å². The van der Waals surface area contributed by atoms with Gasteiger partial charge in [0.25, 0.3) is 0 Å². The van der Waals surface area contributed by atoms with Crippen molar-refractivity contribution in [1.82, 2.24) is 0 Å². The van der Waals surface area contributed by atoms with E-state index in [2.05, 4.69) is 15.9 Å². The molecular formula is C18H17BrO4. The first-order valence-corrected chi connectivity index (χ1v) is 8.11. The molecule has 1 aliphatic rings. The largest absolute Gasteiger partial charge is 0.496 e. The molecule has 0 aliphatic heterocycles. The van der Waals surface area contributed by atoms with E-state index in [1.807, 2.05) is 30.3 Å². The molecule has 5 heteroatoms. The average molecular weight is 377 g/mol. The molecule has 0 atom stereocenters. The Morgan fingerprint density at radius 1 is 1.04 bits per heavy atom. The van der Waals surface area contributed by atoms with E-state index in [0.717, 1.165) is 44.8 Å². The molecule has 0 heterocycles. The van der Waals surface area contributed by atoms with Crippen LogP contribution in [0.1, 0.15) is 27.9 Å². The van der Waals surface area contributed by atoms with Gasteiger partial charge in [-0.3, -0.25) is 4.79 Å². The van der Waals surface area contributed by atoms with Crippen LogP contribution in [0.4, 0.5) is 0 Å². The van der Waals surface area contributed by atoms with Gasteiger partial charge in [0.05, 0.1) is 18.7 Å². The van der Waals surface area contributed by atoms with E-state index in [4.69, 9.17) is 14.2 Å². The summed E-state index contributed by atoms with van der Waals surface area (Å²) in [5, 5.41) is 0. The van der Waals surface area contributed by atoms with Gasteiger partial charge in [-0.05, 0) is 40.5 Å². The first-order valence-electron chi connectivity index (χ1n) is 7.32. The summed E-state index contributed by atoms with van der Waals surface area (Å²) in [7, 11) is 3.24. The van der Waals surface area contributed by atoms with Crippen molar-refractivity contribution in [2.45, 2.75) is 19.4 Å². The number of benzene rings is 2. The molecule has 1 aliphatic carbocycles. The van der Waals surface area contributed by atoms with Gasteiger partial charge in [-0.1, -0.05) is 12.1 Å². The third-order valence-corrected chi connectivity index (χ3v) is 4.59. The molecule has 0 saturated heterocycles. The minimum absolute atomic E-state index is 0.188. The molecule has 120 valence electrons. The topological polar surface area (TPSA) is 44.8 Å². The van der Waals surface area contributed by atoms with Crippen molar-refractivity contribution in [3.8, 4) is 17.2 Å². The Bertz CT molecular complexity index is 755. The van der Waals surface area contributed by atoms with Crippen molar-refractivity contribution >= 4 is 21.7 Å². The van der Waals surface area contributed by atoms with Crippen molar-refractivity contribution in [2.75, 3.05) is 14.2 Å². The van der Waals surface area contributed by atoms with Crippen molar-refractivity contribution in [3.63, 3.8) is 0 Å². The minimum atomic E-state index is 0.188. The van der Waals surface area contributed by atoms with Crippen LogP contribution in [0.5, 0.6) is 17.2 Å². The first-order chi connectivity index (χ1) is 11.1. The van der Waals surface area contributed by atoms with Crippen molar-refractivity contribution in [2.24, 2.45) is 0 Å². The standard InChI is InChI=1S/C18H17BrO4/c1-21-17-9-14(19)18(22-2)8-11(17)10-23-16-5-3-4-12-13(16)6-7-15(12)20/h3-5,8-9H,6-7,10H2,1-2H3. The zero-order valence-corrected chi connectivity index (χ0v) is 14.6. The number of fused-ring (bicyclic) bond motifs is 1. The number of Topliss-reactive ketones (excluding diaryl/α,β-unsaturated/α-hetero) is 1. The van der Waals surface area contributed by atoms with E-state index in [-0.39, 0.29) is 5.78 Å². The average Bonchev–Trinajstić information content (AvgIpc) is 2.95. The molecule has 0 unspecified atom stereocenters. The van der Waals surface area contributed by atoms with Crippen LogP contribution < -0.4 is 14.2 Å². The van der Waals surface area contributed by atoms with Crippen LogP contribution in [0.15, 0.2) is 34.8 Å². The number of ether oxygens (including phenoxy) is 3. The van der Waals surface area contributed by atoms with Gasteiger partial charge in [-0.25, -0.2) is 0 Å². The lowest BCUT2D eigenvalue weighted by Crippen LogP contribution is -2.02. The van der Waals surface area contributed by atoms with Crippen LogP contribution >= 0.6 is 15.9 Å². The van der Waals surface area contributed by atoms with E-state index in [1.54, 1.807) is 14.2 Å². The Kier molecular flexibility index (Phi) is 4.57. The van der Waals surface area contributed by atoms with Crippen LogP contribution in [0.25, 0.3) is 0 Å². The number of halogens is 1. The maximum Gasteiger partial charge on any atom is 0.163 e. The van der Waals surface area contributed by atoms with Crippen LogP contribution in [0, 0.1) is 0 Å². The molecule has 0 spiro atoms. The van der Waals surface area contributed by atoms with E-state index >= 15 is 0 Å². The smallest absolute Gasteiger partial charge is 0.163 e. The van der Waals surface area contributed by atoms with Crippen LogP contribution in [-0.4, -0.2) is 20.0 Å². The van der Waals surface area contributed by atoms with E-state index < -0.39 is 0 Å². The molecular weight excluding hydrogens is 360 g/mol. The summed E-state index contributed by atoms with van der Waals surface area (Å²) >= 11 is 3.44. The Balaban J connectivity index is 1.86. The maximum absolute atomic E-state index is 11.8. The molecule has 0 aromatic heterocycles. The molecule has 0 N–H and O–H groups in total. The van der Waals surface area contributed by atoms with Gasteiger partial charge in [0.15, 0.2) is 5.78 Å². The summed E-state index contributed by atoms with van der Waals surface area (Å²) in [4.78, 5) is 11.8. The Morgan fingerprint density at radius 3 is 2.57 bits per heavy atom. The lowest BCUT2D eigenvalue weighted by Gasteiger charge is -2.14. The predicted octanol–water partition coefficient (Wildman–Crippen LogP) is 4.17. The number of ketones is 1. The molecule has 4 nitrogen and oxygen atoms in total. The second kappa shape index (κ2) is 6.62. The summed E-state index contributed by atoms with van der Waals surface area (Å²) in [5.74, 6) is 2.39. The summed E-state index contributed by atoms with van der Waals surface area (Å²) in [6, 6.07) is 9.37. The Labute approximate surface area is 143 Å². The number of carbonyl (C=O) groups is 1. The highest BCUT2D eigenvalue weighted by Crippen LogP contribution is 2.35. The molecule has 3 rings (SSSR count). The first kappa shape index (κ1) is 15.9. The SMILES string of the molecule is COc1cc(COc2cccc3c2CCC3=O)c(OC)cc1Br. The Hall–Kier alpha value is -2.01. The third-order valence-electron chi connectivity index (χ3n) is 3.97. The van der Waals surface area contributed by atoms with Gasteiger partial charge in [0.2, 0.25) is 0 Å². The fourth-order valence-corrected chi connectivity index (χ4v) is 3.27. The highest BCUT2D eigenvalue weighted by molar-refractivity contribution is 9.10. The molecule has 23 heavy (non-hydrogen) atoms. The molecule has 0 bridgehead atoms. The quantitative estimate of drug-likeness (QED) is 0.785. The summed E-state index contributed by atoms with van der Waals surface area (Å²) in [6.07, 6.45) is 1.30. The van der Waals surface area contributed by atoms with Gasteiger partial charge >= 0.3 is 0 Å². The van der Waals surface area contributed by atoms with Gasteiger partial charge in [-0.15, -0.1) is 0 Å². The monoisotopic (exact) mass is 376 g/mol. The molecule has 0 saturated carbocycles. The summed E-state index contributed by atoms with van der Waals surface area (Å²) in [6.45, 7) is 0.345. The predicted molar refractivity (Wildman–Crippen MR) is 90.7 cm³/mol. The van der Waals surface area contributed by atoms with Crippen molar-refractivity contribution in [3.05, 3.63) is 51.5 Å². The van der Waals surface area contributed by atoms with Crippen molar-refractivity contribution in [1.29, 1.82) is 0 Å². The minimum Gasteiger partial charge on any atom is -0.496 e. The van der Waals surface area contributed by atoms with Crippen LogP contribution in [-0.2, 0) is 13.0 Å². The molecule has 2 aromatic rings. The summed E-state index contributed by atoms with van der Waals surface area (Å²) < 4.78 is 17.5. The normalized spacial score (nSPS) is 12.9. The van der Waals surface area contributed by atoms with E-state index in [9.17, 15) is 4.79 Å². The van der Waals surface area contributed by atoms with Crippen LogP contribution in [0.3, 0.4) is 0 Å². The maximum atomic E-state index is 11.8. The van der Waals surface area contributed by atoms with E-state index in [0.29, 0.717) is 13.0 Å². The van der Waals surface area contributed by atoms with Gasteiger partial charge in [0.1, 0.15) is 23.9 Å². The number of methoxy groups -OCH3 is 2. The third kappa shape index (κ3) is 3.06. The summed E-state index contributed by atoms with van der Waals surface area (Å²) in [5.41, 5.74) is 2.66. The lowest BCUT2D eigenvalue weighted by atomic mass is 10.1. The number of rotatable bonds is 5. The molecule has 0 radical (unpaired) electrons. The lowest BCUT2D eigenvalue weighted by molar-refractivity contribution is 0.0994. The second-order valence-corrected chi connectivity index (χ2v) is 6.15. The van der Waals surface area contributed by atoms with Gasteiger partial charge in [-0.2, -0.15) is 0 Å². The molecule has 0 fully saturated rings. The zero-order chi connectivity index (χ0) is 16.4.